The number of hydrogen-bond acceptors (Lipinski definition) is 3. The lowest BCUT2D eigenvalue weighted by Gasteiger charge is -2.00. The largest absolute Gasteiger partial charge is 0.382 e. The number of anilines is 1. The molecule has 0 aliphatic heterocycles. The predicted octanol–water partition coefficient (Wildman–Crippen LogP) is 1.85. The minimum atomic E-state index is 0.499. The standard InChI is InChI=1S/C12H13N5/c1-7-12-8(9-6-11(13)15-14-9)4-3-5-10(12)17(2)16-7/h3-6H,1-2H3,(H3,13,14,15). The lowest BCUT2D eigenvalue weighted by molar-refractivity contribution is 0.783. The summed E-state index contributed by atoms with van der Waals surface area (Å²) >= 11 is 0. The van der Waals surface area contributed by atoms with E-state index < -0.39 is 0 Å². The Morgan fingerprint density at radius 2 is 2.18 bits per heavy atom. The Bertz CT molecular complexity index is 692. The maximum Gasteiger partial charge on any atom is 0.145 e. The summed E-state index contributed by atoms with van der Waals surface area (Å²) in [6.07, 6.45) is 0. The molecule has 3 aromatic rings. The summed E-state index contributed by atoms with van der Waals surface area (Å²) in [5.74, 6) is 0.499. The van der Waals surface area contributed by atoms with E-state index in [0.717, 1.165) is 27.9 Å². The van der Waals surface area contributed by atoms with Crippen LogP contribution in [0, 0.1) is 6.92 Å². The van der Waals surface area contributed by atoms with Gasteiger partial charge < -0.3 is 5.73 Å². The number of aromatic amines is 1. The fourth-order valence-corrected chi connectivity index (χ4v) is 2.22. The van der Waals surface area contributed by atoms with Gasteiger partial charge in [0.2, 0.25) is 0 Å². The number of aryl methyl sites for hydroxylation is 2. The second kappa shape index (κ2) is 3.35. The molecule has 0 amide bonds. The molecule has 0 saturated carbocycles. The monoisotopic (exact) mass is 227 g/mol. The van der Waals surface area contributed by atoms with Crippen molar-refractivity contribution in [2.45, 2.75) is 6.92 Å². The summed E-state index contributed by atoms with van der Waals surface area (Å²) in [6, 6.07) is 7.94. The molecule has 0 aliphatic rings. The second-order valence-electron chi connectivity index (χ2n) is 4.12. The number of H-pyrrole nitrogens is 1. The van der Waals surface area contributed by atoms with Crippen molar-refractivity contribution in [3.05, 3.63) is 30.0 Å². The molecule has 17 heavy (non-hydrogen) atoms. The molecule has 2 heterocycles. The zero-order chi connectivity index (χ0) is 12.0. The van der Waals surface area contributed by atoms with Gasteiger partial charge in [-0.05, 0) is 13.0 Å². The van der Waals surface area contributed by atoms with Crippen molar-refractivity contribution in [1.29, 1.82) is 0 Å². The first-order valence-electron chi connectivity index (χ1n) is 5.40. The van der Waals surface area contributed by atoms with E-state index in [-0.39, 0.29) is 0 Å². The van der Waals surface area contributed by atoms with Crippen LogP contribution >= 0.6 is 0 Å². The highest BCUT2D eigenvalue weighted by molar-refractivity contribution is 5.96. The molecular formula is C12H13N5. The molecule has 0 spiro atoms. The Hall–Kier alpha value is -2.30. The predicted molar refractivity (Wildman–Crippen MR) is 67.4 cm³/mol. The molecule has 0 bridgehead atoms. The average Bonchev–Trinajstić information content (AvgIpc) is 2.85. The summed E-state index contributed by atoms with van der Waals surface area (Å²) in [4.78, 5) is 0. The van der Waals surface area contributed by atoms with Gasteiger partial charge in [-0.3, -0.25) is 9.78 Å². The van der Waals surface area contributed by atoms with Gasteiger partial charge >= 0.3 is 0 Å². The maximum absolute atomic E-state index is 5.64. The molecule has 0 unspecified atom stereocenters. The molecule has 0 radical (unpaired) electrons. The lowest BCUT2D eigenvalue weighted by atomic mass is 10.1. The Morgan fingerprint density at radius 1 is 1.35 bits per heavy atom. The normalized spacial score (nSPS) is 11.2. The van der Waals surface area contributed by atoms with Crippen LogP contribution in [0.1, 0.15) is 5.69 Å². The van der Waals surface area contributed by atoms with Crippen molar-refractivity contribution in [2.24, 2.45) is 7.05 Å². The first-order chi connectivity index (χ1) is 8.16. The van der Waals surface area contributed by atoms with E-state index in [2.05, 4.69) is 21.4 Å². The summed E-state index contributed by atoms with van der Waals surface area (Å²) in [5.41, 5.74) is 9.75. The molecule has 0 aliphatic carbocycles. The Morgan fingerprint density at radius 3 is 2.88 bits per heavy atom. The van der Waals surface area contributed by atoms with Crippen molar-refractivity contribution in [1.82, 2.24) is 20.0 Å². The van der Waals surface area contributed by atoms with Gasteiger partial charge in [0.1, 0.15) is 5.82 Å². The lowest BCUT2D eigenvalue weighted by Crippen LogP contribution is -1.88. The molecule has 0 saturated heterocycles. The Balaban J connectivity index is 2.37. The first-order valence-corrected chi connectivity index (χ1v) is 5.40. The average molecular weight is 227 g/mol. The molecule has 2 aromatic heterocycles. The smallest absolute Gasteiger partial charge is 0.145 e. The van der Waals surface area contributed by atoms with Crippen LogP contribution in [0.3, 0.4) is 0 Å². The number of nitrogens with zero attached hydrogens (tertiary/aromatic N) is 3. The summed E-state index contributed by atoms with van der Waals surface area (Å²) in [5, 5.41) is 12.5. The molecular weight excluding hydrogens is 214 g/mol. The zero-order valence-corrected chi connectivity index (χ0v) is 9.73. The molecule has 3 rings (SSSR count). The number of hydrogen-bond donors (Lipinski definition) is 2. The minimum absolute atomic E-state index is 0.499. The van der Waals surface area contributed by atoms with Gasteiger partial charge in [-0.15, -0.1) is 0 Å². The summed E-state index contributed by atoms with van der Waals surface area (Å²) < 4.78 is 1.88. The summed E-state index contributed by atoms with van der Waals surface area (Å²) in [6.45, 7) is 2.01. The molecule has 1 aromatic carbocycles. The van der Waals surface area contributed by atoms with Crippen molar-refractivity contribution in [3.8, 4) is 11.3 Å². The van der Waals surface area contributed by atoms with Crippen molar-refractivity contribution < 1.29 is 0 Å². The molecule has 86 valence electrons. The zero-order valence-electron chi connectivity index (χ0n) is 9.73. The number of aromatic nitrogens is 4. The van der Waals surface area contributed by atoms with Crippen molar-refractivity contribution in [2.75, 3.05) is 5.73 Å². The van der Waals surface area contributed by atoms with Crippen LogP contribution in [0.25, 0.3) is 22.2 Å². The first kappa shape index (κ1) is 9.89. The van der Waals surface area contributed by atoms with Crippen LogP contribution < -0.4 is 5.73 Å². The molecule has 3 N–H and O–H groups in total. The number of benzene rings is 1. The van der Waals surface area contributed by atoms with E-state index in [0.29, 0.717) is 5.82 Å². The van der Waals surface area contributed by atoms with E-state index in [4.69, 9.17) is 5.73 Å². The number of rotatable bonds is 1. The van der Waals surface area contributed by atoms with Crippen molar-refractivity contribution in [3.63, 3.8) is 0 Å². The molecule has 0 atom stereocenters. The number of nitrogen functional groups attached to an aromatic ring is 1. The van der Waals surface area contributed by atoms with Crippen molar-refractivity contribution >= 4 is 16.7 Å². The van der Waals surface area contributed by atoms with Crippen LogP contribution in [-0.4, -0.2) is 20.0 Å². The van der Waals surface area contributed by atoms with Gasteiger partial charge in [0.15, 0.2) is 0 Å². The quantitative estimate of drug-likeness (QED) is 0.666. The van der Waals surface area contributed by atoms with Crippen LogP contribution in [0.2, 0.25) is 0 Å². The van der Waals surface area contributed by atoms with Gasteiger partial charge in [0.05, 0.1) is 16.9 Å². The Labute approximate surface area is 98.2 Å². The highest BCUT2D eigenvalue weighted by atomic mass is 15.3. The Kier molecular flexibility index (Phi) is 1.95. The van der Waals surface area contributed by atoms with E-state index in [1.807, 2.05) is 36.9 Å². The van der Waals surface area contributed by atoms with Crippen LogP contribution in [0.5, 0.6) is 0 Å². The van der Waals surface area contributed by atoms with Gasteiger partial charge in [0, 0.05) is 24.1 Å². The topological polar surface area (TPSA) is 72.5 Å². The third-order valence-corrected chi connectivity index (χ3v) is 2.94. The molecule has 5 nitrogen and oxygen atoms in total. The van der Waals surface area contributed by atoms with E-state index in [1.54, 1.807) is 0 Å². The van der Waals surface area contributed by atoms with E-state index in [1.165, 1.54) is 0 Å². The maximum atomic E-state index is 5.64. The third kappa shape index (κ3) is 1.39. The number of fused-ring (bicyclic) bond motifs is 1. The van der Waals surface area contributed by atoms with Gasteiger partial charge in [-0.25, -0.2) is 0 Å². The highest BCUT2D eigenvalue weighted by Gasteiger charge is 2.12. The number of nitrogens with two attached hydrogens (primary N) is 1. The van der Waals surface area contributed by atoms with E-state index in [9.17, 15) is 0 Å². The number of nitrogens with one attached hydrogen (secondary N) is 1. The van der Waals surface area contributed by atoms with Crippen LogP contribution in [0.4, 0.5) is 5.82 Å². The van der Waals surface area contributed by atoms with Crippen LogP contribution in [-0.2, 0) is 7.05 Å². The highest BCUT2D eigenvalue weighted by Crippen LogP contribution is 2.29. The van der Waals surface area contributed by atoms with Crippen LogP contribution in [0.15, 0.2) is 24.3 Å². The fraction of sp³-hybridized carbons (Fsp3) is 0.167. The third-order valence-electron chi connectivity index (χ3n) is 2.94. The van der Waals surface area contributed by atoms with Gasteiger partial charge in [-0.2, -0.15) is 10.2 Å². The summed E-state index contributed by atoms with van der Waals surface area (Å²) in [7, 11) is 1.94. The van der Waals surface area contributed by atoms with E-state index >= 15 is 0 Å². The molecule has 0 fully saturated rings. The van der Waals surface area contributed by atoms with Gasteiger partial charge in [0.25, 0.3) is 0 Å². The molecule has 5 heteroatoms. The second-order valence-corrected chi connectivity index (χ2v) is 4.12. The SMILES string of the molecule is Cc1nn(C)c2cccc(-c3cc(N)n[nH]3)c12. The fourth-order valence-electron chi connectivity index (χ4n) is 2.22. The minimum Gasteiger partial charge on any atom is -0.382 e. The van der Waals surface area contributed by atoms with Gasteiger partial charge in [-0.1, -0.05) is 12.1 Å².